The molecule has 1 saturated carbocycles. The number of primary amides is 1. The lowest BCUT2D eigenvalue weighted by atomic mass is 10.0. The van der Waals surface area contributed by atoms with E-state index in [0.29, 0.717) is 36.4 Å². The lowest BCUT2D eigenvalue weighted by Gasteiger charge is -2.09. The van der Waals surface area contributed by atoms with Gasteiger partial charge >= 0.3 is 0 Å². The van der Waals surface area contributed by atoms with Gasteiger partial charge in [-0.2, -0.15) is 4.39 Å². The predicted octanol–water partition coefficient (Wildman–Crippen LogP) is 2.87. The van der Waals surface area contributed by atoms with Gasteiger partial charge in [-0.1, -0.05) is 12.1 Å². The van der Waals surface area contributed by atoms with Gasteiger partial charge in [-0.05, 0) is 49.8 Å². The Bertz CT molecular complexity index is 852. The number of hydrogen-bond donors (Lipinski definition) is 2. The number of carbonyl (C=O) groups is 1. The standard InChI is InChI=1S/C19H20FN3O2/c20-17-10-7-13(11-22-17)14(3-1-2-4-18(21)24)16-9-8-15(12-5-6-12)19(25)23-16/h3,7-12H,1-2,4-6H2,(H2,21,24)(H,23,25)/b14-3+. The fraction of sp³-hybridized carbons (Fsp3) is 0.316. The van der Waals surface area contributed by atoms with Crippen LogP contribution in [0.3, 0.4) is 0 Å². The van der Waals surface area contributed by atoms with E-state index >= 15 is 0 Å². The van der Waals surface area contributed by atoms with Gasteiger partial charge in [0, 0.05) is 35.0 Å². The highest BCUT2D eigenvalue weighted by atomic mass is 19.1. The molecule has 2 aromatic heterocycles. The van der Waals surface area contributed by atoms with Gasteiger partial charge in [0.25, 0.3) is 5.56 Å². The van der Waals surface area contributed by atoms with Crippen molar-refractivity contribution in [1.82, 2.24) is 9.97 Å². The van der Waals surface area contributed by atoms with E-state index in [1.807, 2.05) is 18.2 Å². The molecule has 0 atom stereocenters. The van der Waals surface area contributed by atoms with E-state index in [2.05, 4.69) is 9.97 Å². The molecular formula is C19H20FN3O2. The number of rotatable bonds is 7. The molecular weight excluding hydrogens is 321 g/mol. The Hall–Kier alpha value is -2.76. The van der Waals surface area contributed by atoms with E-state index in [0.717, 1.165) is 24.0 Å². The number of allylic oxidation sites excluding steroid dienone is 1. The van der Waals surface area contributed by atoms with Gasteiger partial charge in [0.15, 0.2) is 0 Å². The van der Waals surface area contributed by atoms with Gasteiger partial charge in [-0.15, -0.1) is 0 Å². The molecule has 3 rings (SSSR count). The molecule has 0 bridgehead atoms. The summed E-state index contributed by atoms with van der Waals surface area (Å²) in [7, 11) is 0. The molecule has 0 aliphatic heterocycles. The highest BCUT2D eigenvalue weighted by Gasteiger charge is 2.26. The van der Waals surface area contributed by atoms with Crippen molar-refractivity contribution in [3.05, 3.63) is 69.7 Å². The van der Waals surface area contributed by atoms with Crippen LogP contribution in [0, 0.1) is 5.95 Å². The molecule has 25 heavy (non-hydrogen) atoms. The summed E-state index contributed by atoms with van der Waals surface area (Å²) in [5, 5.41) is 0. The van der Waals surface area contributed by atoms with Crippen LogP contribution >= 0.6 is 0 Å². The smallest absolute Gasteiger partial charge is 0.251 e. The largest absolute Gasteiger partial charge is 0.370 e. The molecule has 1 aliphatic rings. The number of aromatic amines is 1. The molecule has 1 amide bonds. The summed E-state index contributed by atoms with van der Waals surface area (Å²) in [6.45, 7) is 0. The summed E-state index contributed by atoms with van der Waals surface area (Å²) < 4.78 is 13.1. The van der Waals surface area contributed by atoms with Gasteiger partial charge in [-0.25, -0.2) is 4.98 Å². The average Bonchev–Trinajstić information content (AvgIpc) is 3.40. The Balaban J connectivity index is 1.91. The lowest BCUT2D eigenvalue weighted by Crippen LogP contribution is -2.13. The van der Waals surface area contributed by atoms with Gasteiger partial charge < -0.3 is 10.7 Å². The van der Waals surface area contributed by atoms with Crippen molar-refractivity contribution in [2.75, 3.05) is 0 Å². The summed E-state index contributed by atoms with van der Waals surface area (Å²) in [4.78, 5) is 29.8. The quantitative estimate of drug-likeness (QED) is 0.599. The summed E-state index contributed by atoms with van der Waals surface area (Å²) in [5.74, 6) is -0.539. The molecule has 2 heterocycles. The molecule has 1 fully saturated rings. The van der Waals surface area contributed by atoms with Crippen molar-refractivity contribution in [2.24, 2.45) is 5.73 Å². The Morgan fingerprint density at radius 2 is 2.12 bits per heavy atom. The zero-order chi connectivity index (χ0) is 17.8. The summed E-state index contributed by atoms with van der Waals surface area (Å²) in [6.07, 6.45) is 6.98. The molecule has 0 radical (unpaired) electrons. The topological polar surface area (TPSA) is 88.8 Å². The normalized spacial score (nSPS) is 14.5. The number of H-pyrrole nitrogens is 1. The SMILES string of the molecule is NC(=O)CCC/C=C(\c1ccc(F)nc1)c1ccc(C2CC2)c(=O)[nH]1. The van der Waals surface area contributed by atoms with Crippen molar-refractivity contribution >= 4 is 11.5 Å². The second-order valence-electron chi connectivity index (χ2n) is 6.28. The Morgan fingerprint density at radius 3 is 2.72 bits per heavy atom. The molecule has 0 spiro atoms. The third-order valence-electron chi connectivity index (χ3n) is 4.26. The molecule has 5 nitrogen and oxygen atoms in total. The molecule has 0 saturated heterocycles. The third-order valence-corrected chi connectivity index (χ3v) is 4.26. The van der Waals surface area contributed by atoms with E-state index in [9.17, 15) is 14.0 Å². The first-order chi connectivity index (χ1) is 12.0. The van der Waals surface area contributed by atoms with Crippen LogP contribution in [0.25, 0.3) is 5.57 Å². The number of unbranched alkanes of at least 4 members (excludes halogenated alkanes) is 1. The number of nitrogens with one attached hydrogen (secondary N) is 1. The molecule has 0 unspecified atom stereocenters. The molecule has 6 heteroatoms. The van der Waals surface area contributed by atoms with Crippen LogP contribution in [0.2, 0.25) is 0 Å². The van der Waals surface area contributed by atoms with Crippen LogP contribution in [0.4, 0.5) is 4.39 Å². The van der Waals surface area contributed by atoms with Crippen LogP contribution in [-0.4, -0.2) is 15.9 Å². The maximum absolute atomic E-state index is 13.1. The first-order valence-corrected chi connectivity index (χ1v) is 8.38. The Labute approximate surface area is 144 Å². The predicted molar refractivity (Wildman–Crippen MR) is 93.4 cm³/mol. The summed E-state index contributed by atoms with van der Waals surface area (Å²) in [5.41, 5.74) is 8.01. The van der Waals surface area contributed by atoms with Crippen LogP contribution < -0.4 is 11.3 Å². The molecule has 0 aromatic carbocycles. The molecule has 130 valence electrons. The minimum atomic E-state index is -0.561. The third kappa shape index (κ3) is 4.41. The number of carbonyl (C=O) groups excluding carboxylic acids is 1. The van der Waals surface area contributed by atoms with Gasteiger partial charge in [-0.3, -0.25) is 9.59 Å². The minimum absolute atomic E-state index is 0.0851. The van der Waals surface area contributed by atoms with Crippen LogP contribution in [0.5, 0.6) is 0 Å². The summed E-state index contributed by atoms with van der Waals surface area (Å²) in [6, 6.07) is 6.64. The number of halogens is 1. The van der Waals surface area contributed by atoms with E-state index in [-0.39, 0.29) is 11.5 Å². The minimum Gasteiger partial charge on any atom is -0.370 e. The van der Waals surface area contributed by atoms with Crippen LogP contribution in [0.1, 0.15) is 54.8 Å². The van der Waals surface area contributed by atoms with E-state index < -0.39 is 5.95 Å². The Morgan fingerprint density at radius 1 is 1.32 bits per heavy atom. The lowest BCUT2D eigenvalue weighted by molar-refractivity contribution is -0.118. The highest BCUT2D eigenvalue weighted by molar-refractivity contribution is 5.77. The number of nitrogens with zero attached hydrogens (tertiary/aromatic N) is 1. The first-order valence-electron chi connectivity index (χ1n) is 8.38. The highest BCUT2D eigenvalue weighted by Crippen LogP contribution is 2.38. The van der Waals surface area contributed by atoms with Crippen molar-refractivity contribution in [3.63, 3.8) is 0 Å². The summed E-state index contributed by atoms with van der Waals surface area (Å²) >= 11 is 0. The number of pyridine rings is 2. The second kappa shape index (κ2) is 7.42. The van der Waals surface area contributed by atoms with Crippen LogP contribution in [-0.2, 0) is 4.79 Å². The van der Waals surface area contributed by atoms with Gasteiger partial charge in [0.05, 0.1) is 0 Å². The zero-order valence-corrected chi connectivity index (χ0v) is 13.8. The molecule has 3 N–H and O–H groups in total. The second-order valence-corrected chi connectivity index (χ2v) is 6.28. The molecule has 2 aromatic rings. The monoisotopic (exact) mass is 341 g/mol. The van der Waals surface area contributed by atoms with Gasteiger partial charge in [0.1, 0.15) is 0 Å². The maximum atomic E-state index is 13.1. The zero-order valence-electron chi connectivity index (χ0n) is 13.8. The number of aromatic nitrogens is 2. The first kappa shape index (κ1) is 17.1. The van der Waals surface area contributed by atoms with E-state index in [1.165, 1.54) is 12.3 Å². The average molecular weight is 341 g/mol. The maximum Gasteiger partial charge on any atom is 0.251 e. The number of nitrogens with two attached hydrogens (primary N) is 1. The van der Waals surface area contributed by atoms with E-state index in [1.54, 1.807) is 6.07 Å². The molecule has 1 aliphatic carbocycles. The Kier molecular flexibility index (Phi) is 5.07. The fourth-order valence-corrected chi connectivity index (χ4v) is 2.80. The number of amides is 1. The van der Waals surface area contributed by atoms with Crippen molar-refractivity contribution in [2.45, 2.75) is 38.0 Å². The fourth-order valence-electron chi connectivity index (χ4n) is 2.80. The van der Waals surface area contributed by atoms with Crippen molar-refractivity contribution in [1.29, 1.82) is 0 Å². The van der Waals surface area contributed by atoms with E-state index in [4.69, 9.17) is 5.73 Å². The van der Waals surface area contributed by atoms with Gasteiger partial charge in [0.2, 0.25) is 11.9 Å². The van der Waals surface area contributed by atoms with Crippen molar-refractivity contribution < 1.29 is 9.18 Å². The van der Waals surface area contributed by atoms with Crippen molar-refractivity contribution in [3.8, 4) is 0 Å². The van der Waals surface area contributed by atoms with Crippen LogP contribution in [0.15, 0.2) is 41.3 Å². The number of hydrogen-bond acceptors (Lipinski definition) is 3.